The first-order valence-electron chi connectivity index (χ1n) is 4.10. The van der Waals surface area contributed by atoms with Gasteiger partial charge in [-0.2, -0.15) is 0 Å². The Morgan fingerprint density at radius 1 is 1.50 bits per heavy atom. The van der Waals surface area contributed by atoms with Gasteiger partial charge in [-0.3, -0.25) is 0 Å². The summed E-state index contributed by atoms with van der Waals surface area (Å²) in [4.78, 5) is 4.20. The fourth-order valence-corrected chi connectivity index (χ4v) is 1.84. The van der Waals surface area contributed by atoms with Crippen molar-refractivity contribution in [1.82, 2.24) is 4.98 Å². The Bertz CT molecular complexity index is 342. The largest absolute Gasteiger partial charge is 0.241 e. The summed E-state index contributed by atoms with van der Waals surface area (Å²) in [6.45, 7) is 2.00. The highest BCUT2D eigenvalue weighted by Gasteiger charge is 2.08. The molecule has 0 atom stereocenters. The second-order valence-electron chi connectivity index (χ2n) is 3.04. The highest BCUT2D eigenvalue weighted by atomic mass is 35.5. The summed E-state index contributed by atoms with van der Waals surface area (Å²) in [6.07, 6.45) is 6.53. The summed E-state index contributed by atoms with van der Waals surface area (Å²) in [6, 6.07) is 1.97. The van der Waals surface area contributed by atoms with Gasteiger partial charge >= 0.3 is 0 Å². The molecule has 0 spiro atoms. The number of pyridine rings is 1. The van der Waals surface area contributed by atoms with E-state index >= 15 is 0 Å². The predicted octanol–water partition coefficient (Wildman–Crippen LogP) is 3.00. The van der Waals surface area contributed by atoms with E-state index in [0.717, 1.165) is 18.5 Å². The number of aromatic nitrogens is 1. The zero-order valence-corrected chi connectivity index (χ0v) is 7.73. The first-order valence-corrected chi connectivity index (χ1v) is 4.48. The van der Waals surface area contributed by atoms with E-state index in [9.17, 15) is 0 Å². The van der Waals surface area contributed by atoms with Gasteiger partial charge in [-0.25, -0.2) is 4.98 Å². The Morgan fingerprint density at radius 2 is 2.33 bits per heavy atom. The molecular weight excluding hydrogens is 170 g/mol. The Kier molecular flexibility index (Phi) is 1.89. The molecule has 0 saturated carbocycles. The maximum Gasteiger partial charge on any atom is 0.129 e. The molecule has 0 N–H and O–H groups in total. The van der Waals surface area contributed by atoms with Crippen LogP contribution in [0.3, 0.4) is 0 Å². The van der Waals surface area contributed by atoms with Crippen LogP contribution in [0.2, 0.25) is 5.15 Å². The van der Waals surface area contributed by atoms with Crippen LogP contribution in [0.4, 0.5) is 0 Å². The molecule has 0 amide bonds. The van der Waals surface area contributed by atoms with Crippen molar-refractivity contribution in [2.24, 2.45) is 0 Å². The van der Waals surface area contributed by atoms with Crippen molar-refractivity contribution < 1.29 is 0 Å². The molecule has 0 saturated heterocycles. The number of halogens is 1. The number of fused-ring (bicyclic) bond motifs is 1. The van der Waals surface area contributed by atoms with E-state index in [-0.39, 0.29) is 0 Å². The van der Waals surface area contributed by atoms with Crippen molar-refractivity contribution in [3.8, 4) is 0 Å². The number of hydrogen-bond donors (Lipinski definition) is 0. The molecule has 12 heavy (non-hydrogen) atoms. The SMILES string of the molecule is Cc1nc(Cl)cc2c1C=CCC2. The molecule has 2 heteroatoms. The average molecular weight is 180 g/mol. The summed E-state index contributed by atoms with van der Waals surface area (Å²) < 4.78 is 0. The van der Waals surface area contributed by atoms with Crippen molar-refractivity contribution >= 4 is 17.7 Å². The van der Waals surface area contributed by atoms with Gasteiger partial charge in [0.25, 0.3) is 0 Å². The van der Waals surface area contributed by atoms with Gasteiger partial charge < -0.3 is 0 Å². The lowest BCUT2D eigenvalue weighted by atomic mass is 9.97. The summed E-state index contributed by atoms with van der Waals surface area (Å²) in [5.74, 6) is 0. The van der Waals surface area contributed by atoms with Crippen LogP contribution in [0.25, 0.3) is 6.08 Å². The molecule has 62 valence electrons. The number of aryl methyl sites for hydroxylation is 2. The zero-order valence-electron chi connectivity index (χ0n) is 6.97. The monoisotopic (exact) mass is 179 g/mol. The van der Waals surface area contributed by atoms with E-state index < -0.39 is 0 Å². The van der Waals surface area contributed by atoms with Crippen LogP contribution in [0, 0.1) is 6.92 Å². The molecule has 1 aromatic heterocycles. The van der Waals surface area contributed by atoms with Crippen LogP contribution >= 0.6 is 11.6 Å². The third kappa shape index (κ3) is 1.25. The van der Waals surface area contributed by atoms with E-state index in [1.165, 1.54) is 11.1 Å². The molecule has 0 aromatic carbocycles. The van der Waals surface area contributed by atoms with Crippen LogP contribution in [-0.4, -0.2) is 4.98 Å². The lowest BCUT2D eigenvalue weighted by Gasteiger charge is -2.12. The molecule has 1 aliphatic carbocycles. The Morgan fingerprint density at radius 3 is 3.17 bits per heavy atom. The standard InChI is InChI=1S/C10H10ClN/c1-7-9-5-3-2-4-8(9)6-10(11)12-7/h3,5-6H,2,4H2,1H3. The first-order chi connectivity index (χ1) is 5.77. The molecule has 1 heterocycles. The lowest BCUT2D eigenvalue weighted by molar-refractivity contribution is 0.966. The fourth-order valence-electron chi connectivity index (χ4n) is 1.58. The van der Waals surface area contributed by atoms with Crippen molar-refractivity contribution in [1.29, 1.82) is 0 Å². The molecule has 1 aromatic rings. The van der Waals surface area contributed by atoms with Gasteiger partial charge in [-0.1, -0.05) is 23.8 Å². The molecular formula is C10H10ClN. The second kappa shape index (κ2) is 2.91. The quantitative estimate of drug-likeness (QED) is 0.558. The minimum absolute atomic E-state index is 0.613. The van der Waals surface area contributed by atoms with Crippen LogP contribution in [0.15, 0.2) is 12.1 Å². The van der Waals surface area contributed by atoms with Gasteiger partial charge in [-0.15, -0.1) is 0 Å². The van der Waals surface area contributed by atoms with Gasteiger partial charge in [0.15, 0.2) is 0 Å². The van der Waals surface area contributed by atoms with Gasteiger partial charge in [0.05, 0.1) is 0 Å². The van der Waals surface area contributed by atoms with Gasteiger partial charge in [0.2, 0.25) is 0 Å². The fraction of sp³-hybridized carbons (Fsp3) is 0.300. The normalized spacial score (nSPS) is 14.5. The van der Waals surface area contributed by atoms with Gasteiger partial charge in [0, 0.05) is 5.69 Å². The van der Waals surface area contributed by atoms with E-state index in [4.69, 9.17) is 11.6 Å². The third-order valence-corrected chi connectivity index (χ3v) is 2.36. The smallest absolute Gasteiger partial charge is 0.129 e. The van der Waals surface area contributed by atoms with Crippen LogP contribution < -0.4 is 0 Å². The van der Waals surface area contributed by atoms with Crippen LogP contribution in [0.1, 0.15) is 23.2 Å². The Labute approximate surface area is 77.1 Å². The van der Waals surface area contributed by atoms with Gasteiger partial charge in [-0.05, 0) is 37.0 Å². The van der Waals surface area contributed by atoms with Crippen LogP contribution in [0.5, 0.6) is 0 Å². The van der Waals surface area contributed by atoms with Crippen molar-refractivity contribution in [3.05, 3.63) is 34.1 Å². The number of nitrogens with zero attached hydrogens (tertiary/aromatic N) is 1. The topological polar surface area (TPSA) is 12.9 Å². The molecule has 1 aliphatic rings. The molecule has 0 unspecified atom stereocenters. The molecule has 0 bridgehead atoms. The summed E-state index contributed by atoms with van der Waals surface area (Å²) >= 11 is 5.85. The van der Waals surface area contributed by atoms with Crippen LogP contribution in [-0.2, 0) is 6.42 Å². The average Bonchev–Trinajstić information content (AvgIpc) is 2.04. The molecule has 0 radical (unpaired) electrons. The molecule has 0 fully saturated rings. The van der Waals surface area contributed by atoms with E-state index in [0.29, 0.717) is 5.15 Å². The predicted molar refractivity (Wildman–Crippen MR) is 51.3 cm³/mol. The Hall–Kier alpha value is -0.820. The Balaban J connectivity index is 2.62. The third-order valence-electron chi connectivity index (χ3n) is 2.17. The minimum atomic E-state index is 0.613. The number of allylic oxidation sites excluding steroid dienone is 1. The van der Waals surface area contributed by atoms with E-state index in [1.54, 1.807) is 0 Å². The van der Waals surface area contributed by atoms with Gasteiger partial charge in [0.1, 0.15) is 5.15 Å². The summed E-state index contributed by atoms with van der Waals surface area (Å²) in [7, 11) is 0. The van der Waals surface area contributed by atoms with E-state index in [2.05, 4.69) is 17.1 Å². The maximum absolute atomic E-state index is 5.85. The van der Waals surface area contributed by atoms with Crippen molar-refractivity contribution in [3.63, 3.8) is 0 Å². The maximum atomic E-state index is 5.85. The van der Waals surface area contributed by atoms with E-state index in [1.807, 2.05) is 13.0 Å². The summed E-state index contributed by atoms with van der Waals surface area (Å²) in [5, 5.41) is 0.613. The molecule has 1 nitrogen and oxygen atoms in total. The first kappa shape index (κ1) is 7.81. The second-order valence-corrected chi connectivity index (χ2v) is 3.43. The minimum Gasteiger partial charge on any atom is -0.241 e. The highest BCUT2D eigenvalue weighted by molar-refractivity contribution is 6.29. The summed E-state index contributed by atoms with van der Waals surface area (Å²) in [5.41, 5.74) is 3.62. The molecule has 0 aliphatic heterocycles. The highest BCUT2D eigenvalue weighted by Crippen LogP contribution is 2.23. The molecule has 2 rings (SSSR count). The lowest BCUT2D eigenvalue weighted by Crippen LogP contribution is -1.98. The number of rotatable bonds is 0. The van der Waals surface area contributed by atoms with Crippen molar-refractivity contribution in [2.45, 2.75) is 19.8 Å². The zero-order chi connectivity index (χ0) is 8.55. The van der Waals surface area contributed by atoms with Crippen molar-refractivity contribution in [2.75, 3.05) is 0 Å². The number of hydrogen-bond acceptors (Lipinski definition) is 1.